The minimum atomic E-state index is -1.43. The first-order valence-electron chi connectivity index (χ1n) is 13.3. The molecule has 1 fully saturated rings. The first kappa shape index (κ1) is 28.4. The van der Waals surface area contributed by atoms with E-state index in [1.807, 2.05) is 42.5 Å². The third-order valence-electron chi connectivity index (χ3n) is 7.35. The van der Waals surface area contributed by atoms with Gasteiger partial charge in [0.15, 0.2) is 5.78 Å². The molecule has 0 bridgehead atoms. The van der Waals surface area contributed by atoms with Crippen molar-refractivity contribution in [2.24, 2.45) is 11.8 Å². The zero-order chi connectivity index (χ0) is 27.9. The van der Waals surface area contributed by atoms with Gasteiger partial charge in [-0.1, -0.05) is 43.7 Å². The van der Waals surface area contributed by atoms with Crippen molar-refractivity contribution in [1.82, 2.24) is 0 Å². The molecule has 5 rings (SSSR count). The van der Waals surface area contributed by atoms with Crippen molar-refractivity contribution in [2.75, 3.05) is 20.8 Å². The molecule has 0 spiro atoms. The number of aldehydes is 1. The van der Waals surface area contributed by atoms with Crippen molar-refractivity contribution in [3.63, 3.8) is 0 Å². The molecule has 0 saturated heterocycles. The van der Waals surface area contributed by atoms with Gasteiger partial charge >= 0.3 is 0 Å². The Morgan fingerprint density at radius 3 is 2.36 bits per heavy atom. The Kier molecular flexibility index (Phi) is 9.43. The molecule has 2 heterocycles. The Labute approximate surface area is 228 Å². The van der Waals surface area contributed by atoms with Crippen LogP contribution in [0.4, 0.5) is 0 Å². The Morgan fingerprint density at radius 1 is 1.00 bits per heavy atom. The molecule has 6 unspecified atom stereocenters. The van der Waals surface area contributed by atoms with E-state index in [-0.39, 0.29) is 24.4 Å². The number of Topliss-reactive ketones (excluding diaryl/α,β-unsaturated/α-hetero) is 1. The second-order valence-electron chi connectivity index (χ2n) is 9.84. The lowest BCUT2D eigenvalue weighted by atomic mass is 9.76. The number of methoxy groups -OCH3 is 2. The summed E-state index contributed by atoms with van der Waals surface area (Å²) in [5.41, 5.74) is 2.25. The average Bonchev–Trinajstić information content (AvgIpc) is 3.34. The summed E-state index contributed by atoms with van der Waals surface area (Å²) in [6.45, 7) is 2.69. The van der Waals surface area contributed by atoms with Gasteiger partial charge in [0.25, 0.3) is 0 Å². The topological polar surface area (TPSA) is 112 Å². The van der Waals surface area contributed by atoms with Crippen molar-refractivity contribution in [3.8, 4) is 23.0 Å². The third kappa shape index (κ3) is 6.18. The lowest BCUT2D eigenvalue weighted by Gasteiger charge is -2.31. The smallest absolute Gasteiger partial charge is 0.174 e. The van der Waals surface area contributed by atoms with Crippen LogP contribution in [0.2, 0.25) is 0 Å². The number of ether oxygens (including phenoxy) is 4. The van der Waals surface area contributed by atoms with Crippen LogP contribution in [0.3, 0.4) is 0 Å². The third-order valence-corrected chi connectivity index (χ3v) is 7.35. The number of rotatable bonds is 7. The predicted molar refractivity (Wildman–Crippen MR) is 145 cm³/mol. The number of allylic oxidation sites excluding steroid dienone is 4. The molecular weight excluding hydrogens is 500 g/mol. The molecule has 6 atom stereocenters. The van der Waals surface area contributed by atoms with Crippen molar-refractivity contribution in [1.29, 1.82) is 0 Å². The highest BCUT2D eigenvalue weighted by Gasteiger charge is 2.42. The lowest BCUT2D eigenvalue weighted by Crippen LogP contribution is -2.47. The number of hydrogen-bond donors (Lipinski definition) is 2. The van der Waals surface area contributed by atoms with Gasteiger partial charge in [-0.2, -0.15) is 0 Å². The number of hydrogen-bond acceptors (Lipinski definition) is 8. The van der Waals surface area contributed by atoms with E-state index < -0.39 is 23.9 Å². The predicted octanol–water partition coefficient (Wildman–Crippen LogP) is 4.34. The molecule has 2 aromatic carbocycles. The number of aliphatic hydroxyl groups excluding tert-OH is 2. The summed E-state index contributed by atoms with van der Waals surface area (Å²) in [6.07, 6.45) is 7.73. The average molecular weight is 537 g/mol. The summed E-state index contributed by atoms with van der Waals surface area (Å²) >= 11 is 0. The SMILES string of the molecule is CCCC=CC=CC1CC(O)C(O)C(=O)C1C=O.COc1ccc2c(c1)OC1c3ccc(OC)cc3OCC21. The van der Waals surface area contributed by atoms with Crippen LogP contribution in [-0.2, 0) is 9.59 Å². The molecule has 8 heteroatoms. The minimum Gasteiger partial charge on any atom is -0.497 e. The van der Waals surface area contributed by atoms with E-state index in [2.05, 4.69) is 13.0 Å². The molecule has 1 aliphatic carbocycles. The fourth-order valence-corrected chi connectivity index (χ4v) is 5.14. The van der Waals surface area contributed by atoms with Gasteiger partial charge in [-0.3, -0.25) is 4.79 Å². The van der Waals surface area contributed by atoms with Crippen LogP contribution < -0.4 is 18.9 Å². The fraction of sp³-hybridized carbons (Fsp3) is 0.419. The van der Waals surface area contributed by atoms with Crippen LogP contribution >= 0.6 is 0 Å². The van der Waals surface area contributed by atoms with Gasteiger partial charge < -0.3 is 34.0 Å². The molecule has 1 saturated carbocycles. The van der Waals surface area contributed by atoms with E-state index in [1.54, 1.807) is 26.4 Å². The fourth-order valence-electron chi connectivity index (χ4n) is 5.14. The molecule has 2 aliphatic heterocycles. The lowest BCUT2D eigenvalue weighted by molar-refractivity contribution is -0.146. The van der Waals surface area contributed by atoms with E-state index in [1.165, 1.54) is 5.56 Å². The van der Waals surface area contributed by atoms with E-state index >= 15 is 0 Å². The zero-order valence-electron chi connectivity index (χ0n) is 22.5. The Balaban J connectivity index is 0.000000184. The first-order chi connectivity index (χ1) is 18.9. The molecule has 0 amide bonds. The number of ketones is 1. The maximum Gasteiger partial charge on any atom is 0.174 e. The number of fused-ring (bicyclic) bond motifs is 5. The van der Waals surface area contributed by atoms with Crippen LogP contribution in [0.1, 0.15) is 49.3 Å². The van der Waals surface area contributed by atoms with Gasteiger partial charge in [0, 0.05) is 23.3 Å². The highest BCUT2D eigenvalue weighted by Crippen LogP contribution is 2.52. The molecule has 2 aromatic rings. The van der Waals surface area contributed by atoms with Gasteiger partial charge in [-0.15, -0.1) is 0 Å². The minimum absolute atomic E-state index is 0.00163. The van der Waals surface area contributed by atoms with E-state index in [0.717, 1.165) is 41.4 Å². The molecule has 2 N–H and O–H groups in total. The summed E-state index contributed by atoms with van der Waals surface area (Å²) in [4.78, 5) is 22.5. The highest BCUT2D eigenvalue weighted by molar-refractivity contribution is 5.97. The highest BCUT2D eigenvalue weighted by atomic mass is 16.5. The monoisotopic (exact) mass is 536 g/mol. The largest absolute Gasteiger partial charge is 0.497 e. The molecule has 39 heavy (non-hydrogen) atoms. The van der Waals surface area contributed by atoms with Crippen LogP contribution in [0.5, 0.6) is 23.0 Å². The number of aliphatic hydroxyl groups is 2. The van der Waals surface area contributed by atoms with Crippen LogP contribution in [0.25, 0.3) is 0 Å². The van der Waals surface area contributed by atoms with Gasteiger partial charge in [-0.05, 0) is 37.0 Å². The van der Waals surface area contributed by atoms with Crippen LogP contribution in [0, 0.1) is 11.8 Å². The quantitative estimate of drug-likeness (QED) is 0.306. The second kappa shape index (κ2) is 13.0. The molecule has 0 radical (unpaired) electrons. The van der Waals surface area contributed by atoms with Gasteiger partial charge in [-0.25, -0.2) is 0 Å². The normalized spacial score (nSPS) is 26.9. The number of carbonyl (C=O) groups excluding carboxylic acids is 2. The maximum absolute atomic E-state index is 11.6. The molecule has 208 valence electrons. The molecule has 3 aliphatic rings. The van der Waals surface area contributed by atoms with E-state index in [9.17, 15) is 19.8 Å². The molecule has 0 aromatic heterocycles. The van der Waals surface area contributed by atoms with Crippen molar-refractivity contribution >= 4 is 12.1 Å². The summed E-state index contributed by atoms with van der Waals surface area (Å²) in [5, 5.41) is 18.9. The maximum atomic E-state index is 11.6. The number of unbranched alkanes of at least 4 members (excludes halogenated alkanes) is 1. The molecule has 8 nitrogen and oxygen atoms in total. The van der Waals surface area contributed by atoms with Gasteiger partial charge in [0.2, 0.25) is 0 Å². The van der Waals surface area contributed by atoms with Crippen LogP contribution in [0.15, 0.2) is 60.7 Å². The molecular formula is C31H36O8. The van der Waals surface area contributed by atoms with Crippen molar-refractivity contribution < 1.29 is 38.7 Å². The second-order valence-corrected chi connectivity index (χ2v) is 9.84. The summed E-state index contributed by atoms with van der Waals surface area (Å²) in [6, 6.07) is 11.9. The first-order valence-corrected chi connectivity index (χ1v) is 13.3. The standard InChI is InChI=1S/C17H16O4.C14H20O4/c1-18-10-4-6-13-15(7-10)20-9-14-12-5-3-11(19-2)8-16(12)21-17(13)14;1-2-3-4-5-6-7-10-8-12(16)14(18)13(17)11(10)9-15/h3-8,14,17H,9H2,1-2H3;4-7,9-12,14,16,18H,2-3,8H2,1H3. The Hall–Kier alpha value is -3.62. The Bertz CT molecular complexity index is 1220. The zero-order valence-corrected chi connectivity index (χ0v) is 22.5. The van der Waals surface area contributed by atoms with Crippen molar-refractivity contribution in [2.45, 2.75) is 50.4 Å². The van der Waals surface area contributed by atoms with Gasteiger partial charge in [0.05, 0.1) is 38.8 Å². The van der Waals surface area contributed by atoms with Gasteiger partial charge in [0.1, 0.15) is 41.5 Å². The Morgan fingerprint density at radius 2 is 1.69 bits per heavy atom. The number of carbonyl (C=O) groups is 2. The summed E-state index contributed by atoms with van der Waals surface area (Å²) in [5.74, 6) is 1.79. The van der Waals surface area contributed by atoms with Crippen LogP contribution in [-0.4, -0.2) is 55.3 Å². The number of benzene rings is 2. The van der Waals surface area contributed by atoms with E-state index in [4.69, 9.17) is 18.9 Å². The summed E-state index contributed by atoms with van der Waals surface area (Å²) in [7, 11) is 3.32. The summed E-state index contributed by atoms with van der Waals surface area (Å²) < 4.78 is 22.6. The van der Waals surface area contributed by atoms with E-state index in [0.29, 0.717) is 12.9 Å². The van der Waals surface area contributed by atoms with Crippen molar-refractivity contribution in [3.05, 3.63) is 71.8 Å².